The first kappa shape index (κ1) is 18.0. The summed E-state index contributed by atoms with van der Waals surface area (Å²) < 4.78 is 26.4. The molecule has 1 aliphatic rings. The van der Waals surface area contributed by atoms with Gasteiger partial charge in [-0.3, -0.25) is 0 Å². The van der Waals surface area contributed by atoms with Gasteiger partial charge in [-0.1, -0.05) is 45.0 Å². The fourth-order valence-electron chi connectivity index (χ4n) is 2.81. The van der Waals surface area contributed by atoms with Gasteiger partial charge in [0.15, 0.2) is 0 Å². The third kappa shape index (κ3) is 4.79. The second-order valence-electron chi connectivity index (χ2n) is 7.32. The van der Waals surface area contributed by atoms with Crippen LogP contribution in [0.1, 0.15) is 44.7 Å². The molecule has 0 aliphatic carbocycles. The lowest BCUT2D eigenvalue weighted by Crippen LogP contribution is -2.39. The molecule has 1 aliphatic heterocycles. The number of benzene rings is 1. The van der Waals surface area contributed by atoms with Gasteiger partial charge in [0, 0.05) is 19.0 Å². The average Bonchev–Trinajstić information content (AvgIpc) is 2.53. The molecule has 4 nitrogen and oxygen atoms in total. The zero-order valence-corrected chi connectivity index (χ0v) is 15.1. The Kier molecular flexibility index (Phi) is 5.49. The van der Waals surface area contributed by atoms with Crippen molar-refractivity contribution in [2.75, 3.05) is 18.8 Å². The highest BCUT2D eigenvalue weighted by Crippen LogP contribution is 2.23. The van der Waals surface area contributed by atoms with Crippen LogP contribution >= 0.6 is 0 Å². The summed E-state index contributed by atoms with van der Waals surface area (Å²) >= 11 is 0. The third-order valence-electron chi connectivity index (χ3n) is 4.50. The van der Waals surface area contributed by atoms with Gasteiger partial charge in [-0.05, 0) is 35.8 Å². The molecular formula is C18H26N2O2S. The summed E-state index contributed by atoms with van der Waals surface area (Å²) in [6.45, 7) is 7.44. The monoisotopic (exact) mass is 334 g/mol. The molecule has 0 N–H and O–H groups in total. The SMILES string of the molecule is CC(C)(C)c1ccc(CCS(=O)(=O)N2CCC(C#N)CC2)cc1. The number of rotatable bonds is 4. The van der Waals surface area contributed by atoms with Gasteiger partial charge in [-0.25, -0.2) is 12.7 Å². The molecule has 0 spiro atoms. The van der Waals surface area contributed by atoms with E-state index in [1.165, 1.54) is 5.56 Å². The Bertz CT molecular complexity index is 658. The normalized spacial score (nSPS) is 17.8. The number of hydrogen-bond donors (Lipinski definition) is 0. The largest absolute Gasteiger partial charge is 0.214 e. The van der Waals surface area contributed by atoms with E-state index in [2.05, 4.69) is 39.0 Å². The molecule has 126 valence electrons. The first-order valence-electron chi connectivity index (χ1n) is 8.19. The Hall–Kier alpha value is -1.38. The van der Waals surface area contributed by atoms with E-state index in [1.807, 2.05) is 12.1 Å². The molecule has 0 aromatic heterocycles. The molecule has 0 radical (unpaired) electrons. The van der Waals surface area contributed by atoms with E-state index in [1.54, 1.807) is 4.31 Å². The van der Waals surface area contributed by atoms with E-state index in [0.717, 1.165) is 5.56 Å². The minimum absolute atomic E-state index is 0.00592. The highest BCUT2D eigenvalue weighted by atomic mass is 32.2. The van der Waals surface area contributed by atoms with Crippen molar-refractivity contribution < 1.29 is 8.42 Å². The van der Waals surface area contributed by atoms with Crippen molar-refractivity contribution in [1.29, 1.82) is 5.26 Å². The summed E-state index contributed by atoms with van der Waals surface area (Å²) in [6.07, 6.45) is 1.83. The van der Waals surface area contributed by atoms with E-state index >= 15 is 0 Å². The number of piperidine rings is 1. The summed E-state index contributed by atoms with van der Waals surface area (Å²) in [5.41, 5.74) is 2.41. The third-order valence-corrected chi connectivity index (χ3v) is 6.37. The molecule has 2 rings (SSSR count). The quantitative estimate of drug-likeness (QED) is 0.850. The van der Waals surface area contributed by atoms with E-state index in [9.17, 15) is 8.42 Å². The highest BCUT2D eigenvalue weighted by Gasteiger charge is 2.27. The maximum atomic E-state index is 12.4. The Morgan fingerprint density at radius 3 is 2.22 bits per heavy atom. The Labute approximate surface area is 140 Å². The molecule has 1 aromatic carbocycles. The van der Waals surface area contributed by atoms with Crippen LogP contribution in [0, 0.1) is 17.2 Å². The van der Waals surface area contributed by atoms with Crippen molar-refractivity contribution in [3.8, 4) is 6.07 Å². The molecule has 1 heterocycles. The fraction of sp³-hybridized carbons (Fsp3) is 0.611. The van der Waals surface area contributed by atoms with Crippen molar-refractivity contribution in [1.82, 2.24) is 4.31 Å². The summed E-state index contributed by atoms with van der Waals surface area (Å²) in [5.74, 6) is 0.144. The van der Waals surface area contributed by atoms with Crippen LogP contribution in [0.3, 0.4) is 0 Å². The van der Waals surface area contributed by atoms with Crippen LogP contribution in [0.5, 0.6) is 0 Å². The zero-order chi connectivity index (χ0) is 17.1. The van der Waals surface area contributed by atoms with Crippen LogP contribution in [-0.2, 0) is 21.9 Å². The number of aryl methyl sites for hydroxylation is 1. The standard InChI is InChI=1S/C18H26N2O2S/c1-18(2,3)17-6-4-15(5-7-17)10-13-23(21,22)20-11-8-16(14-19)9-12-20/h4-7,16H,8-13H2,1-3H3. The Morgan fingerprint density at radius 1 is 1.17 bits per heavy atom. The van der Waals surface area contributed by atoms with Crippen LogP contribution < -0.4 is 0 Å². The van der Waals surface area contributed by atoms with Crippen LogP contribution in [0.15, 0.2) is 24.3 Å². The van der Waals surface area contributed by atoms with Gasteiger partial charge in [0.2, 0.25) is 10.0 Å². The van der Waals surface area contributed by atoms with Gasteiger partial charge < -0.3 is 0 Å². The molecule has 0 amide bonds. The minimum atomic E-state index is -3.23. The molecule has 1 fully saturated rings. The molecule has 23 heavy (non-hydrogen) atoms. The van der Waals surface area contributed by atoms with E-state index in [0.29, 0.717) is 32.4 Å². The van der Waals surface area contributed by atoms with Crippen molar-refractivity contribution in [2.24, 2.45) is 5.92 Å². The molecule has 5 heteroatoms. The maximum absolute atomic E-state index is 12.4. The van der Waals surface area contributed by atoms with E-state index < -0.39 is 10.0 Å². The summed E-state index contributed by atoms with van der Waals surface area (Å²) in [4.78, 5) is 0. The van der Waals surface area contributed by atoms with Crippen LogP contribution in [-0.4, -0.2) is 31.6 Å². The minimum Gasteiger partial charge on any atom is -0.212 e. The molecule has 1 aromatic rings. The number of sulfonamides is 1. The predicted molar refractivity (Wildman–Crippen MR) is 92.5 cm³/mol. The van der Waals surface area contributed by atoms with E-state index in [-0.39, 0.29) is 17.1 Å². The zero-order valence-electron chi connectivity index (χ0n) is 14.2. The molecule has 0 atom stereocenters. The summed E-state index contributed by atoms with van der Waals surface area (Å²) in [6, 6.07) is 10.4. The Balaban J connectivity index is 1.93. The van der Waals surface area contributed by atoms with Gasteiger partial charge in [0.1, 0.15) is 0 Å². The molecular weight excluding hydrogens is 308 g/mol. The summed E-state index contributed by atoms with van der Waals surface area (Å²) in [7, 11) is -3.23. The first-order chi connectivity index (χ1) is 10.7. The van der Waals surface area contributed by atoms with Crippen molar-refractivity contribution in [3.63, 3.8) is 0 Å². The van der Waals surface area contributed by atoms with Crippen LogP contribution in [0.4, 0.5) is 0 Å². The molecule has 1 saturated heterocycles. The molecule has 0 bridgehead atoms. The first-order valence-corrected chi connectivity index (χ1v) is 9.80. The van der Waals surface area contributed by atoms with Crippen molar-refractivity contribution in [3.05, 3.63) is 35.4 Å². The van der Waals surface area contributed by atoms with Gasteiger partial charge in [-0.2, -0.15) is 5.26 Å². The fourth-order valence-corrected chi connectivity index (χ4v) is 4.33. The van der Waals surface area contributed by atoms with Gasteiger partial charge >= 0.3 is 0 Å². The van der Waals surface area contributed by atoms with Gasteiger partial charge in [-0.15, -0.1) is 0 Å². The van der Waals surface area contributed by atoms with Crippen LogP contribution in [0.25, 0.3) is 0 Å². The smallest absolute Gasteiger partial charge is 0.212 e. The van der Waals surface area contributed by atoms with Gasteiger partial charge in [0.05, 0.1) is 11.8 Å². The highest BCUT2D eigenvalue weighted by molar-refractivity contribution is 7.89. The average molecular weight is 334 g/mol. The molecule has 0 unspecified atom stereocenters. The van der Waals surface area contributed by atoms with E-state index in [4.69, 9.17) is 5.26 Å². The van der Waals surface area contributed by atoms with Crippen LogP contribution in [0.2, 0.25) is 0 Å². The topological polar surface area (TPSA) is 61.2 Å². The predicted octanol–water partition coefficient (Wildman–Crippen LogP) is 3.09. The van der Waals surface area contributed by atoms with Crippen molar-refractivity contribution >= 4 is 10.0 Å². The number of nitrogens with zero attached hydrogens (tertiary/aromatic N) is 2. The molecule has 0 saturated carbocycles. The maximum Gasteiger partial charge on any atom is 0.214 e. The second kappa shape index (κ2) is 7.02. The lowest BCUT2D eigenvalue weighted by atomic mass is 9.86. The number of hydrogen-bond acceptors (Lipinski definition) is 3. The second-order valence-corrected chi connectivity index (χ2v) is 9.40. The van der Waals surface area contributed by atoms with Gasteiger partial charge in [0.25, 0.3) is 0 Å². The lowest BCUT2D eigenvalue weighted by Gasteiger charge is -2.28. The Morgan fingerprint density at radius 2 is 1.74 bits per heavy atom. The lowest BCUT2D eigenvalue weighted by molar-refractivity contribution is 0.310. The summed E-state index contributed by atoms with van der Waals surface area (Å²) in [5, 5.41) is 8.89. The van der Waals surface area contributed by atoms with Crippen molar-refractivity contribution in [2.45, 2.75) is 45.4 Å². The number of nitriles is 1.